The van der Waals surface area contributed by atoms with Crippen LogP contribution in [0.15, 0.2) is 66.7 Å². The molecule has 0 radical (unpaired) electrons. The molecule has 0 saturated heterocycles. The summed E-state index contributed by atoms with van der Waals surface area (Å²) in [4.78, 5) is 0. The molecular weight excluding hydrogens is 284 g/mol. The predicted octanol–water partition coefficient (Wildman–Crippen LogP) is 4.31. The first-order valence-corrected chi connectivity index (χ1v) is 8.24. The minimum Gasteiger partial charge on any atom is -0.489 e. The minimum atomic E-state index is -0.268. The molecule has 2 bridgehead atoms. The predicted molar refractivity (Wildman–Crippen MR) is 92.6 cm³/mol. The average Bonchev–Trinajstić information content (AvgIpc) is 3.08. The Morgan fingerprint density at radius 2 is 1.65 bits per heavy atom. The summed E-state index contributed by atoms with van der Waals surface area (Å²) in [5.74, 6) is 1.32. The SMILES string of the molecule is OC1C2C=CC1C(Oc1cccc3cc4ccccc4cc13)C2. The molecule has 0 heterocycles. The molecule has 4 atom stereocenters. The van der Waals surface area contributed by atoms with Crippen LogP contribution in [0.3, 0.4) is 0 Å². The van der Waals surface area contributed by atoms with Crippen molar-refractivity contribution in [2.45, 2.75) is 18.6 Å². The second-order valence-electron chi connectivity index (χ2n) is 6.69. The van der Waals surface area contributed by atoms with Crippen molar-refractivity contribution in [3.05, 3.63) is 66.7 Å². The molecule has 4 unspecified atom stereocenters. The number of aliphatic hydroxyl groups is 1. The Kier molecular flexibility index (Phi) is 2.77. The van der Waals surface area contributed by atoms with E-state index in [4.69, 9.17) is 4.74 Å². The Balaban J connectivity index is 1.59. The van der Waals surface area contributed by atoms with E-state index < -0.39 is 0 Å². The molecule has 2 aliphatic carbocycles. The highest BCUT2D eigenvalue weighted by Crippen LogP contribution is 2.42. The monoisotopic (exact) mass is 302 g/mol. The van der Waals surface area contributed by atoms with Crippen molar-refractivity contribution >= 4 is 21.5 Å². The van der Waals surface area contributed by atoms with Gasteiger partial charge >= 0.3 is 0 Å². The number of rotatable bonds is 2. The van der Waals surface area contributed by atoms with Gasteiger partial charge in [0.1, 0.15) is 11.9 Å². The van der Waals surface area contributed by atoms with Crippen molar-refractivity contribution in [3.8, 4) is 5.75 Å². The van der Waals surface area contributed by atoms with Crippen LogP contribution >= 0.6 is 0 Å². The molecule has 1 fully saturated rings. The number of hydrogen-bond acceptors (Lipinski definition) is 2. The standard InChI is InChI=1S/C21H18O2/c22-21-16-8-9-17(21)20(12-16)23-19-7-3-6-15-10-13-4-1-2-5-14(13)11-18(15)19/h1-11,16-17,20-22H,12H2. The molecule has 0 amide bonds. The molecule has 5 rings (SSSR count). The maximum Gasteiger partial charge on any atom is 0.127 e. The molecule has 3 aromatic rings. The molecule has 0 aromatic heterocycles. The Labute approximate surface area is 135 Å². The lowest BCUT2D eigenvalue weighted by Gasteiger charge is -2.21. The second kappa shape index (κ2) is 4.84. The van der Waals surface area contributed by atoms with Crippen LogP contribution in [0.1, 0.15) is 6.42 Å². The number of benzene rings is 3. The zero-order chi connectivity index (χ0) is 15.4. The fourth-order valence-electron chi connectivity index (χ4n) is 4.10. The topological polar surface area (TPSA) is 29.5 Å². The van der Waals surface area contributed by atoms with Gasteiger partial charge in [-0.2, -0.15) is 0 Å². The van der Waals surface area contributed by atoms with E-state index in [1.165, 1.54) is 16.2 Å². The average molecular weight is 302 g/mol. The summed E-state index contributed by atoms with van der Waals surface area (Å²) in [6, 6.07) is 19.0. The van der Waals surface area contributed by atoms with Gasteiger partial charge in [-0.1, -0.05) is 48.6 Å². The maximum absolute atomic E-state index is 10.2. The third-order valence-corrected chi connectivity index (χ3v) is 5.33. The highest BCUT2D eigenvalue weighted by molar-refractivity contribution is 6.00. The van der Waals surface area contributed by atoms with E-state index >= 15 is 0 Å². The lowest BCUT2D eigenvalue weighted by molar-refractivity contribution is 0.104. The van der Waals surface area contributed by atoms with Crippen molar-refractivity contribution in [1.29, 1.82) is 0 Å². The van der Waals surface area contributed by atoms with Gasteiger partial charge in [0.25, 0.3) is 0 Å². The third kappa shape index (κ3) is 1.98. The molecule has 3 aromatic carbocycles. The van der Waals surface area contributed by atoms with E-state index in [-0.39, 0.29) is 24.0 Å². The third-order valence-electron chi connectivity index (χ3n) is 5.33. The Hall–Kier alpha value is -2.32. The molecule has 23 heavy (non-hydrogen) atoms. The molecule has 0 spiro atoms. The number of aliphatic hydroxyl groups excluding tert-OH is 1. The van der Waals surface area contributed by atoms with E-state index in [1.54, 1.807) is 0 Å². The van der Waals surface area contributed by atoms with E-state index in [0.29, 0.717) is 0 Å². The van der Waals surface area contributed by atoms with E-state index in [1.807, 2.05) is 12.1 Å². The van der Waals surface area contributed by atoms with Gasteiger partial charge in [-0.05, 0) is 40.8 Å². The maximum atomic E-state index is 10.2. The number of hydrogen-bond donors (Lipinski definition) is 1. The van der Waals surface area contributed by atoms with Gasteiger partial charge in [0.05, 0.1) is 6.10 Å². The summed E-state index contributed by atoms with van der Waals surface area (Å²) in [7, 11) is 0. The first kappa shape index (κ1) is 13.1. The Morgan fingerprint density at radius 3 is 2.39 bits per heavy atom. The zero-order valence-corrected chi connectivity index (χ0v) is 12.7. The van der Waals surface area contributed by atoms with Crippen LogP contribution in [0, 0.1) is 11.8 Å². The zero-order valence-electron chi connectivity index (χ0n) is 12.7. The van der Waals surface area contributed by atoms with Crippen LogP contribution in [0.2, 0.25) is 0 Å². The lowest BCUT2D eigenvalue weighted by atomic mass is 10.0. The van der Waals surface area contributed by atoms with Crippen LogP contribution in [0.4, 0.5) is 0 Å². The summed E-state index contributed by atoms with van der Waals surface area (Å²) < 4.78 is 6.33. The second-order valence-corrected chi connectivity index (χ2v) is 6.69. The normalized spacial score (nSPS) is 28.7. The fourth-order valence-corrected chi connectivity index (χ4v) is 4.10. The Morgan fingerprint density at radius 1 is 0.870 bits per heavy atom. The van der Waals surface area contributed by atoms with Crippen LogP contribution in [0.5, 0.6) is 5.75 Å². The first-order valence-electron chi connectivity index (χ1n) is 8.24. The largest absolute Gasteiger partial charge is 0.489 e. The molecule has 1 saturated carbocycles. The molecule has 1 N–H and O–H groups in total. The highest BCUT2D eigenvalue weighted by Gasteiger charge is 2.45. The van der Waals surface area contributed by atoms with E-state index in [2.05, 4.69) is 54.6 Å². The van der Waals surface area contributed by atoms with Crippen molar-refractivity contribution in [2.75, 3.05) is 0 Å². The van der Waals surface area contributed by atoms with Crippen molar-refractivity contribution in [1.82, 2.24) is 0 Å². The molecule has 114 valence electrons. The first-order chi connectivity index (χ1) is 11.3. The number of fused-ring (bicyclic) bond motifs is 4. The summed E-state index contributed by atoms with van der Waals surface area (Å²) in [5.41, 5.74) is 0. The molecular formula is C21H18O2. The summed E-state index contributed by atoms with van der Waals surface area (Å²) in [6.07, 6.45) is 4.97. The van der Waals surface area contributed by atoms with Crippen LogP contribution in [-0.2, 0) is 0 Å². The van der Waals surface area contributed by atoms with Crippen LogP contribution in [-0.4, -0.2) is 17.3 Å². The highest BCUT2D eigenvalue weighted by atomic mass is 16.5. The summed E-state index contributed by atoms with van der Waals surface area (Å²) >= 11 is 0. The van der Waals surface area contributed by atoms with Gasteiger partial charge in [-0.15, -0.1) is 0 Å². The van der Waals surface area contributed by atoms with Crippen molar-refractivity contribution < 1.29 is 9.84 Å². The molecule has 0 aliphatic heterocycles. The summed E-state index contributed by atoms with van der Waals surface area (Å²) in [5, 5.41) is 15.0. The molecule has 2 heteroatoms. The number of ether oxygens (including phenoxy) is 1. The van der Waals surface area contributed by atoms with Gasteiger partial charge in [-0.25, -0.2) is 0 Å². The minimum absolute atomic E-state index is 0.0806. The van der Waals surface area contributed by atoms with Crippen LogP contribution < -0.4 is 4.74 Å². The fraction of sp³-hybridized carbons (Fsp3) is 0.238. The van der Waals surface area contributed by atoms with Gasteiger partial charge < -0.3 is 9.84 Å². The molecule has 2 aliphatic rings. The molecule has 2 nitrogen and oxygen atoms in total. The smallest absolute Gasteiger partial charge is 0.127 e. The van der Waals surface area contributed by atoms with Gasteiger partial charge in [0.2, 0.25) is 0 Å². The quantitative estimate of drug-likeness (QED) is 0.565. The van der Waals surface area contributed by atoms with Gasteiger partial charge in [0, 0.05) is 17.2 Å². The van der Waals surface area contributed by atoms with Gasteiger partial charge in [0.15, 0.2) is 0 Å². The van der Waals surface area contributed by atoms with Gasteiger partial charge in [-0.3, -0.25) is 0 Å². The lowest BCUT2D eigenvalue weighted by Crippen LogP contribution is -2.25. The van der Waals surface area contributed by atoms with Crippen LogP contribution in [0.25, 0.3) is 21.5 Å². The van der Waals surface area contributed by atoms with Crippen molar-refractivity contribution in [3.63, 3.8) is 0 Å². The van der Waals surface area contributed by atoms with E-state index in [0.717, 1.165) is 17.6 Å². The summed E-state index contributed by atoms with van der Waals surface area (Å²) in [6.45, 7) is 0. The Bertz CT molecular complexity index is 927. The van der Waals surface area contributed by atoms with Crippen molar-refractivity contribution in [2.24, 2.45) is 11.8 Å². The van der Waals surface area contributed by atoms with E-state index in [9.17, 15) is 5.11 Å².